The van der Waals surface area contributed by atoms with Crippen LogP contribution in [0.4, 0.5) is 0 Å². The molecule has 0 bridgehead atoms. The van der Waals surface area contributed by atoms with Gasteiger partial charge in [0.15, 0.2) is 0 Å². The number of benzene rings is 2. The van der Waals surface area contributed by atoms with E-state index in [1.165, 1.54) is 0 Å². The molecule has 0 aliphatic heterocycles. The molecule has 3 nitrogen and oxygen atoms in total. The van der Waals surface area contributed by atoms with Gasteiger partial charge in [-0.25, -0.2) is 0 Å². The highest BCUT2D eigenvalue weighted by Gasteiger charge is 2.09. The summed E-state index contributed by atoms with van der Waals surface area (Å²) < 4.78 is 5.30. The molecule has 2 rings (SSSR count). The minimum Gasteiger partial charge on any atom is -0.496 e. The third kappa shape index (κ3) is 2.51. The van der Waals surface area contributed by atoms with Crippen molar-refractivity contribution >= 4 is 5.91 Å². The Morgan fingerprint density at radius 1 is 1.06 bits per heavy atom. The minimum atomic E-state index is -0.402. The summed E-state index contributed by atoms with van der Waals surface area (Å²) in [7, 11) is 1.64. The van der Waals surface area contributed by atoms with Crippen molar-refractivity contribution in [3.63, 3.8) is 0 Å². The Hall–Kier alpha value is -2.29. The third-order valence-electron chi connectivity index (χ3n) is 2.86. The lowest BCUT2D eigenvalue weighted by molar-refractivity contribution is 0.0999. The number of carbonyl (C=O) groups excluding carboxylic acids is 1. The van der Waals surface area contributed by atoms with E-state index in [2.05, 4.69) is 0 Å². The summed E-state index contributed by atoms with van der Waals surface area (Å²) in [5.41, 5.74) is 7.87. The van der Waals surface area contributed by atoms with Crippen molar-refractivity contribution in [2.24, 2.45) is 5.73 Å². The summed E-state index contributed by atoms with van der Waals surface area (Å²) in [6, 6.07) is 15.1. The van der Waals surface area contributed by atoms with Gasteiger partial charge in [-0.3, -0.25) is 4.79 Å². The first-order valence-corrected chi connectivity index (χ1v) is 5.72. The molecule has 92 valence electrons. The van der Waals surface area contributed by atoms with E-state index >= 15 is 0 Å². The highest BCUT2D eigenvalue weighted by Crippen LogP contribution is 2.22. The van der Waals surface area contributed by atoms with E-state index in [0.29, 0.717) is 12.0 Å². The van der Waals surface area contributed by atoms with Gasteiger partial charge in [0.05, 0.1) is 7.11 Å². The van der Waals surface area contributed by atoms with Crippen LogP contribution in [0.15, 0.2) is 48.5 Å². The molecule has 0 aliphatic rings. The molecule has 1 amide bonds. The van der Waals surface area contributed by atoms with Crippen LogP contribution in [0.2, 0.25) is 0 Å². The van der Waals surface area contributed by atoms with Gasteiger partial charge in [0, 0.05) is 12.0 Å². The molecule has 0 spiro atoms. The van der Waals surface area contributed by atoms with E-state index in [9.17, 15) is 4.79 Å². The fraction of sp³-hybridized carbons (Fsp3) is 0.133. The van der Waals surface area contributed by atoms with Crippen molar-refractivity contribution in [3.8, 4) is 5.75 Å². The van der Waals surface area contributed by atoms with E-state index in [1.807, 2.05) is 42.5 Å². The lowest BCUT2D eigenvalue weighted by Gasteiger charge is -2.10. The summed E-state index contributed by atoms with van der Waals surface area (Å²) in [6.07, 6.45) is 0.628. The molecule has 0 atom stereocenters. The fourth-order valence-electron chi connectivity index (χ4n) is 1.97. The topological polar surface area (TPSA) is 52.3 Å². The first-order valence-electron chi connectivity index (χ1n) is 5.72. The molecule has 0 unspecified atom stereocenters. The van der Waals surface area contributed by atoms with E-state index < -0.39 is 5.91 Å². The molecule has 0 radical (unpaired) electrons. The van der Waals surface area contributed by atoms with Crippen LogP contribution < -0.4 is 10.5 Å². The van der Waals surface area contributed by atoms with Gasteiger partial charge in [-0.2, -0.15) is 0 Å². The summed E-state index contributed by atoms with van der Waals surface area (Å²) in [6.45, 7) is 0. The largest absolute Gasteiger partial charge is 0.496 e. The molecular formula is C15H15NO2. The van der Waals surface area contributed by atoms with Crippen molar-refractivity contribution < 1.29 is 9.53 Å². The standard InChI is InChI=1S/C15H15NO2/c1-18-14-9-5-3-7-12(14)10-11-6-2-4-8-13(11)15(16)17/h2-9H,10H2,1H3,(H2,16,17). The lowest BCUT2D eigenvalue weighted by Crippen LogP contribution is -2.13. The molecule has 0 fully saturated rings. The zero-order valence-corrected chi connectivity index (χ0v) is 10.2. The van der Waals surface area contributed by atoms with Crippen LogP contribution in [0.3, 0.4) is 0 Å². The van der Waals surface area contributed by atoms with Gasteiger partial charge in [-0.15, -0.1) is 0 Å². The Bertz CT molecular complexity index is 564. The summed E-state index contributed by atoms with van der Waals surface area (Å²) in [4.78, 5) is 11.4. The molecule has 0 saturated heterocycles. The maximum atomic E-state index is 11.4. The molecule has 0 saturated carbocycles. The van der Waals surface area contributed by atoms with Crippen LogP contribution in [0.5, 0.6) is 5.75 Å². The number of hydrogen-bond acceptors (Lipinski definition) is 2. The Kier molecular flexibility index (Phi) is 3.63. The SMILES string of the molecule is COc1ccccc1Cc1ccccc1C(N)=O. The lowest BCUT2D eigenvalue weighted by atomic mass is 9.99. The predicted molar refractivity (Wildman–Crippen MR) is 70.8 cm³/mol. The van der Waals surface area contributed by atoms with Gasteiger partial charge in [-0.05, 0) is 23.3 Å². The molecule has 3 heteroatoms. The predicted octanol–water partition coefficient (Wildman–Crippen LogP) is 2.38. The van der Waals surface area contributed by atoms with Gasteiger partial charge in [0.2, 0.25) is 5.91 Å². The first-order chi connectivity index (χ1) is 8.72. The molecule has 0 aromatic heterocycles. The average Bonchev–Trinajstić information content (AvgIpc) is 2.40. The third-order valence-corrected chi connectivity index (χ3v) is 2.86. The molecule has 0 aliphatic carbocycles. The zero-order valence-electron chi connectivity index (χ0n) is 10.2. The second-order valence-electron chi connectivity index (χ2n) is 4.01. The molecule has 18 heavy (non-hydrogen) atoms. The van der Waals surface area contributed by atoms with E-state index in [0.717, 1.165) is 16.9 Å². The zero-order chi connectivity index (χ0) is 13.0. The number of ether oxygens (including phenoxy) is 1. The van der Waals surface area contributed by atoms with Gasteiger partial charge >= 0.3 is 0 Å². The van der Waals surface area contributed by atoms with Crippen LogP contribution in [-0.2, 0) is 6.42 Å². The highest BCUT2D eigenvalue weighted by atomic mass is 16.5. The number of primary amides is 1. The average molecular weight is 241 g/mol. The molecule has 2 N–H and O–H groups in total. The Balaban J connectivity index is 2.37. The van der Waals surface area contributed by atoms with Crippen LogP contribution in [-0.4, -0.2) is 13.0 Å². The number of amides is 1. The van der Waals surface area contributed by atoms with Crippen molar-refractivity contribution in [1.29, 1.82) is 0 Å². The number of rotatable bonds is 4. The van der Waals surface area contributed by atoms with Crippen LogP contribution in [0, 0.1) is 0 Å². The van der Waals surface area contributed by atoms with Crippen LogP contribution >= 0.6 is 0 Å². The Labute approximate surface area is 106 Å². The second kappa shape index (κ2) is 5.36. The van der Waals surface area contributed by atoms with Gasteiger partial charge in [-0.1, -0.05) is 36.4 Å². The van der Waals surface area contributed by atoms with E-state index in [-0.39, 0.29) is 0 Å². The maximum absolute atomic E-state index is 11.4. The summed E-state index contributed by atoms with van der Waals surface area (Å²) in [5, 5.41) is 0. The van der Waals surface area contributed by atoms with Gasteiger partial charge < -0.3 is 10.5 Å². The number of carbonyl (C=O) groups is 1. The second-order valence-corrected chi connectivity index (χ2v) is 4.01. The molecular weight excluding hydrogens is 226 g/mol. The molecule has 0 heterocycles. The Morgan fingerprint density at radius 3 is 2.33 bits per heavy atom. The molecule has 2 aromatic rings. The highest BCUT2D eigenvalue weighted by molar-refractivity contribution is 5.94. The van der Waals surface area contributed by atoms with Crippen molar-refractivity contribution in [2.75, 3.05) is 7.11 Å². The van der Waals surface area contributed by atoms with Crippen LogP contribution in [0.25, 0.3) is 0 Å². The molecule has 2 aromatic carbocycles. The van der Waals surface area contributed by atoms with Crippen molar-refractivity contribution in [2.45, 2.75) is 6.42 Å². The van der Waals surface area contributed by atoms with E-state index in [1.54, 1.807) is 13.2 Å². The monoisotopic (exact) mass is 241 g/mol. The number of methoxy groups -OCH3 is 1. The quantitative estimate of drug-likeness (QED) is 0.893. The smallest absolute Gasteiger partial charge is 0.248 e. The van der Waals surface area contributed by atoms with Crippen molar-refractivity contribution in [1.82, 2.24) is 0 Å². The summed E-state index contributed by atoms with van der Waals surface area (Å²) >= 11 is 0. The normalized spacial score (nSPS) is 10.1. The number of hydrogen-bond donors (Lipinski definition) is 1. The minimum absolute atomic E-state index is 0.402. The van der Waals surface area contributed by atoms with Crippen molar-refractivity contribution in [3.05, 3.63) is 65.2 Å². The first kappa shape index (κ1) is 12.2. The maximum Gasteiger partial charge on any atom is 0.248 e. The van der Waals surface area contributed by atoms with Crippen LogP contribution in [0.1, 0.15) is 21.5 Å². The van der Waals surface area contributed by atoms with Gasteiger partial charge in [0.25, 0.3) is 0 Å². The Morgan fingerprint density at radius 2 is 1.67 bits per heavy atom. The van der Waals surface area contributed by atoms with Gasteiger partial charge in [0.1, 0.15) is 5.75 Å². The van der Waals surface area contributed by atoms with E-state index in [4.69, 9.17) is 10.5 Å². The number of para-hydroxylation sites is 1. The summed E-state index contributed by atoms with van der Waals surface area (Å²) in [5.74, 6) is 0.414. The fourth-order valence-corrected chi connectivity index (χ4v) is 1.97. The number of nitrogens with two attached hydrogens (primary N) is 1.